The van der Waals surface area contributed by atoms with E-state index in [0.717, 1.165) is 50.9 Å². The van der Waals surface area contributed by atoms with Gasteiger partial charge >= 0.3 is 0 Å². The number of aromatic nitrogens is 2. The molecule has 5 heteroatoms. The predicted octanol–water partition coefficient (Wildman–Crippen LogP) is 11.4. The molecular formula is C45H46IrN2OSi-2. The minimum absolute atomic E-state index is 0. The van der Waals surface area contributed by atoms with Gasteiger partial charge in [-0.2, -0.15) is 0 Å². The summed E-state index contributed by atoms with van der Waals surface area (Å²) < 4.78 is 6.01. The second-order valence-electron chi connectivity index (χ2n) is 15.0. The summed E-state index contributed by atoms with van der Waals surface area (Å²) in [5.41, 5.74) is 10.9. The molecule has 3 aromatic heterocycles. The Bertz CT molecular complexity index is 2200. The second kappa shape index (κ2) is 15.4. The first-order valence-corrected chi connectivity index (χ1v) is 20.7. The average molecular weight is 851 g/mol. The molecule has 0 unspecified atom stereocenters. The SMILES string of the molecule is CC(C)Cc1cc(-c2[c-]cccc2)ncc1[Si](C)(C)C.Cc1ccc2c(c1)oc1c[c-]c(-c3cc(C(C)(C)c4ccccc4)ccn3)cc12.[Ir]. The van der Waals surface area contributed by atoms with E-state index < -0.39 is 8.07 Å². The molecule has 0 saturated heterocycles. The number of benzene rings is 4. The molecule has 0 aliphatic carbocycles. The maximum atomic E-state index is 6.01. The van der Waals surface area contributed by atoms with Crippen LogP contribution in [0.15, 0.2) is 120 Å². The van der Waals surface area contributed by atoms with Gasteiger partial charge in [0.25, 0.3) is 0 Å². The van der Waals surface area contributed by atoms with Crippen LogP contribution in [0.4, 0.5) is 0 Å². The van der Waals surface area contributed by atoms with Gasteiger partial charge in [0, 0.05) is 43.3 Å². The van der Waals surface area contributed by atoms with Crippen molar-refractivity contribution in [3.63, 3.8) is 0 Å². The van der Waals surface area contributed by atoms with Crippen LogP contribution in [-0.2, 0) is 31.9 Å². The Hall–Kier alpha value is -4.15. The van der Waals surface area contributed by atoms with Gasteiger partial charge in [0.05, 0.1) is 13.7 Å². The zero-order valence-corrected chi connectivity index (χ0v) is 33.8. The van der Waals surface area contributed by atoms with Crippen LogP contribution >= 0.6 is 0 Å². The fourth-order valence-corrected chi connectivity index (χ4v) is 8.03. The molecule has 0 fully saturated rings. The Balaban J connectivity index is 0.000000204. The van der Waals surface area contributed by atoms with Gasteiger partial charge in [-0.05, 0) is 64.7 Å². The quantitative estimate of drug-likeness (QED) is 0.118. The Morgan fingerprint density at radius 3 is 2.18 bits per heavy atom. The number of fused-ring (bicyclic) bond motifs is 3. The Labute approximate surface area is 312 Å². The molecule has 1 radical (unpaired) electrons. The van der Waals surface area contributed by atoms with Crippen molar-refractivity contribution >= 4 is 35.2 Å². The molecule has 0 aliphatic heterocycles. The molecule has 0 bridgehead atoms. The minimum atomic E-state index is -1.34. The van der Waals surface area contributed by atoms with Crippen LogP contribution in [0.2, 0.25) is 19.6 Å². The topological polar surface area (TPSA) is 38.9 Å². The standard InChI is InChI=1S/C27H22NO.C18H24NSi.Ir/c1-18-9-11-22-23-16-19(10-12-25(23)29-26(22)15-18)24-17-21(13-14-28-24)27(2,3)20-7-5-4-6-8-20;1-14(2)11-16-12-17(15-9-7-6-8-10-15)19-13-18(16)20(3,4)5;/h4-9,11-17H,1-3H3;6-9,12-14H,11H2,1-5H3;/q2*-1;. The Morgan fingerprint density at radius 1 is 0.740 bits per heavy atom. The van der Waals surface area contributed by atoms with Crippen molar-refractivity contribution in [3.8, 4) is 22.5 Å². The number of nitrogens with zero attached hydrogens (tertiary/aromatic N) is 2. The zero-order valence-electron chi connectivity index (χ0n) is 30.4. The number of hydrogen-bond acceptors (Lipinski definition) is 3. The smallest absolute Gasteiger partial charge is 0.121 e. The predicted molar refractivity (Wildman–Crippen MR) is 209 cm³/mol. The van der Waals surface area contributed by atoms with Crippen molar-refractivity contribution in [2.24, 2.45) is 5.92 Å². The van der Waals surface area contributed by atoms with E-state index in [1.165, 1.54) is 27.4 Å². The van der Waals surface area contributed by atoms with E-state index >= 15 is 0 Å². The monoisotopic (exact) mass is 851 g/mol. The van der Waals surface area contributed by atoms with Crippen LogP contribution < -0.4 is 5.19 Å². The van der Waals surface area contributed by atoms with E-state index in [0.29, 0.717) is 5.92 Å². The molecular weight excluding hydrogens is 805 g/mol. The van der Waals surface area contributed by atoms with E-state index in [-0.39, 0.29) is 25.5 Å². The summed E-state index contributed by atoms with van der Waals surface area (Å²) in [4.78, 5) is 9.33. The van der Waals surface area contributed by atoms with E-state index in [9.17, 15) is 0 Å². The van der Waals surface area contributed by atoms with Crippen molar-refractivity contribution in [1.82, 2.24) is 9.97 Å². The van der Waals surface area contributed by atoms with Crippen molar-refractivity contribution in [2.45, 2.75) is 66.1 Å². The van der Waals surface area contributed by atoms with Crippen LogP contribution in [0.1, 0.15) is 49.9 Å². The number of aryl methyl sites for hydroxylation is 1. The first kappa shape index (κ1) is 37.1. The van der Waals surface area contributed by atoms with E-state index in [1.807, 2.05) is 30.5 Å². The summed E-state index contributed by atoms with van der Waals surface area (Å²) in [7, 11) is -1.34. The first-order valence-electron chi connectivity index (χ1n) is 17.2. The molecule has 0 amide bonds. The number of hydrogen-bond donors (Lipinski definition) is 0. The van der Waals surface area contributed by atoms with Crippen molar-refractivity contribution < 1.29 is 24.5 Å². The molecule has 257 valence electrons. The summed E-state index contributed by atoms with van der Waals surface area (Å²) in [6, 6.07) is 42.2. The van der Waals surface area contributed by atoms with Crippen molar-refractivity contribution in [2.75, 3.05) is 0 Å². The molecule has 0 spiro atoms. The maximum Gasteiger partial charge on any atom is 0.121 e. The molecule has 50 heavy (non-hydrogen) atoms. The van der Waals surface area contributed by atoms with Gasteiger partial charge in [-0.25, -0.2) is 0 Å². The Kier molecular flexibility index (Phi) is 11.4. The number of furan rings is 1. The fraction of sp³-hybridized carbons (Fsp3) is 0.244. The minimum Gasteiger partial charge on any atom is -0.500 e. The molecule has 7 aromatic rings. The fourth-order valence-electron chi connectivity index (χ4n) is 6.45. The largest absolute Gasteiger partial charge is 0.500 e. The summed E-state index contributed by atoms with van der Waals surface area (Å²) in [6.07, 6.45) is 5.13. The van der Waals surface area contributed by atoms with Crippen molar-refractivity contribution in [1.29, 1.82) is 0 Å². The summed E-state index contributed by atoms with van der Waals surface area (Å²) >= 11 is 0. The van der Waals surface area contributed by atoms with Crippen LogP contribution in [0.3, 0.4) is 0 Å². The second-order valence-corrected chi connectivity index (χ2v) is 20.0. The number of pyridine rings is 2. The van der Waals surface area contributed by atoms with E-state index in [1.54, 1.807) is 0 Å². The third kappa shape index (κ3) is 8.24. The molecule has 3 nitrogen and oxygen atoms in total. The van der Waals surface area contributed by atoms with Gasteiger partial charge in [0.1, 0.15) is 5.58 Å². The van der Waals surface area contributed by atoms with Gasteiger partial charge in [-0.3, -0.25) is 0 Å². The molecule has 0 saturated carbocycles. The molecule has 0 aliphatic rings. The Morgan fingerprint density at radius 2 is 1.48 bits per heavy atom. The van der Waals surface area contributed by atoms with E-state index in [4.69, 9.17) is 4.42 Å². The molecule has 7 rings (SSSR count). The third-order valence-electron chi connectivity index (χ3n) is 9.22. The molecule has 3 heterocycles. The van der Waals surface area contributed by atoms with Gasteiger partial charge in [0.2, 0.25) is 0 Å². The van der Waals surface area contributed by atoms with E-state index in [2.05, 4.69) is 161 Å². The van der Waals surface area contributed by atoms with Gasteiger partial charge < -0.3 is 14.4 Å². The van der Waals surface area contributed by atoms with Gasteiger partial charge in [-0.15, -0.1) is 59.7 Å². The van der Waals surface area contributed by atoms with Gasteiger partial charge in [-0.1, -0.05) is 113 Å². The van der Waals surface area contributed by atoms with Gasteiger partial charge in [0.15, 0.2) is 0 Å². The summed E-state index contributed by atoms with van der Waals surface area (Å²) in [6.45, 7) is 18.3. The zero-order chi connectivity index (χ0) is 34.8. The molecule has 4 aromatic carbocycles. The normalized spacial score (nSPS) is 11.7. The van der Waals surface area contributed by atoms with Crippen LogP contribution in [0.25, 0.3) is 44.5 Å². The number of rotatable bonds is 7. The molecule has 0 atom stereocenters. The first-order chi connectivity index (χ1) is 23.4. The van der Waals surface area contributed by atoms with Crippen molar-refractivity contribution in [3.05, 3.63) is 150 Å². The third-order valence-corrected chi connectivity index (χ3v) is 11.3. The van der Waals surface area contributed by atoms with Crippen LogP contribution in [0, 0.1) is 25.0 Å². The van der Waals surface area contributed by atoms with Crippen LogP contribution in [0.5, 0.6) is 0 Å². The summed E-state index contributed by atoms with van der Waals surface area (Å²) in [5, 5.41) is 3.72. The van der Waals surface area contributed by atoms with Crippen LogP contribution in [-0.4, -0.2) is 18.0 Å². The molecule has 0 N–H and O–H groups in total. The average Bonchev–Trinajstić information content (AvgIpc) is 3.45. The maximum absolute atomic E-state index is 6.01. The summed E-state index contributed by atoms with van der Waals surface area (Å²) in [5.74, 6) is 0.667.